The SMILES string of the molecule is CCC(C(=O)O)S(=O)CCc1ccccc1[N+](=O)[O-]. The second-order valence-corrected chi connectivity index (χ2v) is 5.69. The molecule has 19 heavy (non-hydrogen) atoms. The molecule has 0 spiro atoms. The Bertz CT molecular complexity index is 503. The number of carboxylic acid groups (broad SMARTS) is 1. The lowest BCUT2D eigenvalue weighted by Crippen LogP contribution is -2.27. The van der Waals surface area contributed by atoms with Gasteiger partial charge in [0.2, 0.25) is 0 Å². The third-order valence-corrected chi connectivity index (χ3v) is 4.50. The number of aliphatic carboxylic acids is 1. The van der Waals surface area contributed by atoms with Gasteiger partial charge >= 0.3 is 5.97 Å². The fraction of sp³-hybridized carbons (Fsp3) is 0.417. The molecule has 0 saturated carbocycles. The third kappa shape index (κ3) is 4.13. The van der Waals surface area contributed by atoms with E-state index in [1.807, 2.05) is 0 Å². The van der Waals surface area contributed by atoms with Crippen molar-refractivity contribution in [1.29, 1.82) is 0 Å². The molecule has 0 radical (unpaired) electrons. The lowest BCUT2D eigenvalue weighted by atomic mass is 10.1. The van der Waals surface area contributed by atoms with E-state index in [4.69, 9.17) is 5.11 Å². The largest absolute Gasteiger partial charge is 0.480 e. The molecule has 0 aliphatic rings. The number of nitrogens with zero attached hydrogens (tertiary/aromatic N) is 1. The first-order valence-electron chi connectivity index (χ1n) is 5.79. The number of benzene rings is 1. The fourth-order valence-electron chi connectivity index (χ4n) is 1.73. The molecule has 0 aromatic heterocycles. The van der Waals surface area contributed by atoms with Crippen molar-refractivity contribution in [2.24, 2.45) is 0 Å². The molecular weight excluding hydrogens is 270 g/mol. The highest BCUT2D eigenvalue weighted by atomic mass is 32.2. The summed E-state index contributed by atoms with van der Waals surface area (Å²) in [5.41, 5.74) is 0.448. The van der Waals surface area contributed by atoms with Crippen molar-refractivity contribution < 1.29 is 19.0 Å². The lowest BCUT2D eigenvalue weighted by molar-refractivity contribution is -0.385. The standard InChI is InChI=1S/C12H15NO5S/c1-2-11(12(14)15)19(18)8-7-9-5-3-4-6-10(9)13(16)17/h3-6,11H,2,7-8H2,1H3,(H,14,15). The summed E-state index contributed by atoms with van der Waals surface area (Å²) in [5.74, 6) is -0.987. The first-order valence-corrected chi connectivity index (χ1v) is 7.17. The minimum absolute atomic E-state index is 0.0251. The molecule has 6 nitrogen and oxygen atoms in total. The topological polar surface area (TPSA) is 97.5 Å². The van der Waals surface area contributed by atoms with Gasteiger partial charge in [-0.2, -0.15) is 0 Å². The van der Waals surface area contributed by atoms with Crippen LogP contribution in [-0.4, -0.2) is 31.2 Å². The van der Waals surface area contributed by atoms with E-state index in [0.717, 1.165) is 0 Å². The van der Waals surface area contributed by atoms with Crippen LogP contribution in [0.25, 0.3) is 0 Å². The highest BCUT2D eigenvalue weighted by Crippen LogP contribution is 2.18. The number of hydrogen-bond acceptors (Lipinski definition) is 4. The Morgan fingerprint density at radius 2 is 2.11 bits per heavy atom. The fourth-order valence-corrected chi connectivity index (χ4v) is 3.03. The van der Waals surface area contributed by atoms with Crippen molar-refractivity contribution in [3.05, 3.63) is 39.9 Å². The van der Waals surface area contributed by atoms with E-state index in [2.05, 4.69) is 0 Å². The molecule has 0 fully saturated rings. The first kappa shape index (κ1) is 15.3. The summed E-state index contributed by atoms with van der Waals surface area (Å²) < 4.78 is 11.8. The van der Waals surface area contributed by atoms with Crippen LogP contribution < -0.4 is 0 Å². The number of hydrogen-bond donors (Lipinski definition) is 1. The maximum atomic E-state index is 11.8. The summed E-state index contributed by atoms with van der Waals surface area (Å²) in [6, 6.07) is 6.20. The molecule has 2 unspecified atom stereocenters. The molecule has 0 aliphatic carbocycles. The summed E-state index contributed by atoms with van der Waals surface area (Å²) >= 11 is 0. The van der Waals surface area contributed by atoms with E-state index >= 15 is 0 Å². The number of para-hydroxylation sites is 1. The zero-order valence-corrected chi connectivity index (χ0v) is 11.3. The van der Waals surface area contributed by atoms with Crippen molar-refractivity contribution in [2.75, 3.05) is 5.75 Å². The van der Waals surface area contributed by atoms with Gasteiger partial charge in [-0.1, -0.05) is 25.1 Å². The van der Waals surface area contributed by atoms with Crippen molar-refractivity contribution in [1.82, 2.24) is 0 Å². The van der Waals surface area contributed by atoms with E-state index in [1.165, 1.54) is 6.07 Å². The minimum Gasteiger partial charge on any atom is -0.480 e. The van der Waals surface area contributed by atoms with Crippen LogP contribution in [0.1, 0.15) is 18.9 Å². The van der Waals surface area contributed by atoms with Crippen LogP contribution >= 0.6 is 0 Å². The van der Waals surface area contributed by atoms with Crippen LogP contribution in [0.15, 0.2) is 24.3 Å². The molecule has 104 valence electrons. The lowest BCUT2D eigenvalue weighted by Gasteiger charge is -2.09. The molecule has 7 heteroatoms. The van der Waals surface area contributed by atoms with Crippen molar-refractivity contribution >= 4 is 22.5 Å². The van der Waals surface area contributed by atoms with E-state index in [0.29, 0.717) is 5.56 Å². The number of carboxylic acids is 1. The second-order valence-electron chi connectivity index (χ2n) is 3.96. The predicted octanol–water partition coefficient (Wildman–Crippen LogP) is 1.75. The van der Waals surface area contributed by atoms with E-state index in [9.17, 15) is 19.1 Å². The Kier molecular flexibility index (Phi) is 5.62. The van der Waals surface area contributed by atoms with Crippen molar-refractivity contribution in [2.45, 2.75) is 25.0 Å². The van der Waals surface area contributed by atoms with Gasteiger partial charge in [-0.15, -0.1) is 0 Å². The maximum absolute atomic E-state index is 11.8. The quantitative estimate of drug-likeness (QED) is 0.608. The van der Waals surface area contributed by atoms with Crippen LogP contribution in [0, 0.1) is 10.1 Å². The van der Waals surface area contributed by atoms with E-state index < -0.39 is 26.9 Å². The molecule has 0 heterocycles. The monoisotopic (exact) mass is 285 g/mol. The smallest absolute Gasteiger partial charge is 0.319 e. The second kappa shape index (κ2) is 6.98. The Hall–Kier alpha value is -1.76. The van der Waals surface area contributed by atoms with Gasteiger partial charge in [-0.3, -0.25) is 19.1 Å². The zero-order valence-electron chi connectivity index (χ0n) is 10.4. The Balaban J connectivity index is 2.75. The van der Waals surface area contributed by atoms with Crippen LogP contribution in [0.3, 0.4) is 0 Å². The maximum Gasteiger partial charge on any atom is 0.319 e. The number of nitro benzene ring substituents is 1. The summed E-state index contributed by atoms with van der Waals surface area (Å²) in [5, 5.41) is 18.8. The third-order valence-electron chi connectivity index (χ3n) is 2.72. The molecule has 0 saturated heterocycles. The van der Waals surface area contributed by atoms with E-state index in [1.54, 1.807) is 25.1 Å². The van der Waals surface area contributed by atoms with Gasteiger partial charge in [-0.05, 0) is 12.8 Å². The van der Waals surface area contributed by atoms with Gasteiger partial charge < -0.3 is 5.11 Å². The van der Waals surface area contributed by atoms with Crippen LogP contribution in [0.5, 0.6) is 0 Å². The van der Waals surface area contributed by atoms with Crippen molar-refractivity contribution in [3.63, 3.8) is 0 Å². The normalized spacial score (nSPS) is 13.7. The number of aryl methyl sites for hydroxylation is 1. The van der Waals surface area contributed by atoms with Gasteiger partial charge in [0, 0.05) is 28.2 Å². The average molecular weight is 285 g/mol. The molecule has 0 bridgehead atoms. The van der Waals surface area contributed by atoms with Crippen molar-refractivity contribution in [3.8, 4) is 0 Å². The molecule has 1 aromatic rings. The molecular formula is C12H15NO5S. The zero-order chi connectivity index (χ0) is 14.4. The molecule has 1 N–H and O–H groups in total. The number of rotatable bonds is 7. The first-order chi connectivity index (χ1) is 8.97. The predicted molar refractivity (Wildman–Crippen MR) is 71.5 cm³/mol. The highest BCUT2D eigenvalue weighted by Gasteiger charge is 2.23. The van der Waals surface area contributed by atoms with E-state index in [-0.39, 0.29) is 24.3 Å². The van der Waals surface area contributed by atoms with Gasteiger partial charge in [0.05, 0.1) is 4.92 Å². The highest BCUT2D eigenvalue weighted by molar-refractivity contribution is 7.86. The van der Waals surface area contributed by atoms with Crippen LogP contribution in [-0.2, 0) is 22.0 Å². The van der Waals surface area contributed by atoms with Gasteiger partial charge in [0.15, 0.2) is 0 Å². The van der Waals surface area contributed by atoms with Crippen LogP contribution in [0.2, 0.25) is 0 Å². The summed E-state index contributed by atoms with van der Waals surface area (Å²) in [7, 11) is -1.53. The number of nitro groups is 1. The number of carbonyl (C=O) groups is 1. The van der Waals surface area contributed by atoms with Crippen LogP contribution in [0.4, 0.5) is 5.69 Å². The molecule has 1 aromatic carbocycles. The average Bonchev–Trinajstić information content (AvgIpc) is 2.37. The van der Waals surface area contributed by atoms with Gasteiger partial charge in [0.25, 0.3) is 5.69 Å². The Morgan fingerprint density at radius 1 is 1.47 bits per heavy atom. The summed E-state index contributed by atoms with van der Waals surface area (Å²) in [4.78, 5) is 21.2. The molecule has 0 amide bonds. The Morgan fingerprint density at radius 3 is 2.63 bits per heavy atom. The van der Waals surface area contributed by atoms with Gasteiger partial charge in [-0.25, -0.2) is 0 Å². The van der Waals surface area contributed by atoms with Gasteiger partial charge in [0.1, 0.15) is 5.25 Å². The molecule has 0 aliphatic heterocycles. The molecule has 1 rings (SSSR count). The summed E-state index contributed by atoms with van der Waals surface area (Å²) in [6.07, 6.45) is 0.506. The molecule has 2 atom stereocenters. The minimum atomic E-state index is -1.53. The summed E-state index contributed by atoms with van der Waals surface area (Å²) in [6.45, 7) is 1.65. The Labute approximate surface area is 113 Å².